The number of nitrogens with one attached hydrogen (secondary N) is 1. The number of hydrogen-bond acceptors (Lipinski definition) is 2. The van der Waals surface area contributed by atoms with Crippen LogP contribution in [0.2, 0.25) is 0 Å². The number of benzene rings is 2. The Hall–Kier alpha value is -1.90. The van der Waals surface area contributed by atoms with Crippen LogP contribution < -0.4 is 5.32 Å². The van der Waals surface area contributed by atoms with Crippen molar-refractivity contribution >= 4 is 6.08 Å². The first kappa shape index (κ1) is 14.1. The van der Waals surface area contributed by atoms with Gasteiger partial charge in [-0.2, -0.15) is 0 Å². The minimum atomic E-state index is 0.102. The Balaban J connectivity index is 1.70. The molecule has 1 aliphatic rings. The van der Waals surface area contributed by atoms with E-state index in [4.69, 9.17) is 4.74 Å². The monoisotopic (exact) mass is 279 g/mol. The Morgan fingerprint density at radius 3 is 2.38 bits per heavy atom. The van der Waals surface area contributed by atoms with Gasteiger partial charge in [0.2, 0.25) is 0 Å². The van der Waals surface area contributed by atoms with Gasteiger partial charge in [-0.1, -0.05) is 72.8 Å². The summed E-state index contributed by atoms with van der Waals surface area (Å²) in [6.07, 6.45) is 4.48. The summed E-state index contributed by atoms with van der Waals surface area (Å²) in [5.41, 5.74) is 2.44. The van der Waals surface area contributed by atoms with Crippen LogP contribution in [0.15, 0.2) is 66.7 Å². The highest BCUT2D eigenvalue weighted by Crippen LogP contribution is 2.26. The number of ether oxygens (including phenoxy) is 1. The van der Waals surface area contributed by atoms with Gasteiger partial charge in [0.25, 0.3) is 0 Å². The van der Waals surface area contributed by atoms with E-state index in [9.17, 15) is 0 Å². The van der Waals surface area contributed by atoms with Crippen LogP contribution in [0.5, 0.6) is 0 Å². The fourth-order valence-corrected chi connectivity index (χ4v) is 2.67. The number of rotatable bonds is 3. The summed E-state index contributed by atoms with van der Waals surface area (Å²) >= 11 is 0. The molecule has 0 unspecified atom stereocenters. The lowest BCUT2D eigenvalue weighted by atomic mass is 10.0. The summed E-state index contributed by atoms with van der Waals surface area (Å²) < 4.78 is 6.26. The Bertz CT molecular complexity index is 579. The molecule has 0 amide bonds. The van der Waals surface area contributed by atoms with Crippen LogP contribution in [0.4, 0.5) is 0 Å². The maximum Gasteiger partial charge on any atom is 0.0983 e. The molecule has 0 radical (unpaired) electrons. The van der Waals surface area contributed by atoms with Crippen molar-refractivity contribution in [2.24, 2.45) is 0 Å². The Kier molecular flexibility index (Phi) is 4.49. The minimum Gasteiger partial charge on any atom is -0.363 e. The zero-order valence-corrected chi connectivity index (χ0v) is 12.3. The van der Waals surface area contributed by atoms with Crippen LogP contribution in [0.1, 0.15) is 24.2 Å². The smallest absolute Gasteiger partial charge is 0.0983 e. The molecule has 21 heavy (non-hydrogen) atoms. The highest BCUT2D eigenvalue weighted by molar-refractivity contribution is 5.49. The molecule has 3 rings (SSSR count). The maximum absolute atomic E-state index is 6.26. The summed E-state index contributed by atoms with van der Waals surface area (Å²) in [5.74, 6) is 0. The van der Waals surface area contributed by atoms with E-state index in [0.29, 0.717) is 6.04 Å². The van der Waals surface area contributed by atoms with Gasteiger partial charge in [0.15, 0.2) is 0 Å². The van der Waals surface area contributed by atoms with E-state index in [-0.39, 0.29) is 12.2 Å². The fourth-order valence-electron chi connectivity index (χ4n) is 2.67. The van der Waals surface area contributed by atoms with Crippen molar-refractivity contribution in [3.05, 3.63) is 77.9 Å². The van der Waals surface area contributed by atoms with Gasteiger partial charge in [-0.3, -0.25) is 0 Å². The minimum absolute atomic E-state index is 0.102. The van der Waals surface area contributed by atoms with Crippen molar-refractivity contribution in [3.63, 3.8) is 0 Å². The van der Waals surface area contributed by atoms with E-state index in [1.807, 2.05) is 12.1 Å². The zero-order chi connectivity index (χ0) is 14.5. The predicted molar refractivity (Wildman–Crippen MR) is 87.0 cm³/mol. The third kappa shape index (κ3) is 3.60. The molecule has 1 heterocycles. The molecule has 1 fully saturated rings. The third-order valence-electron chi connectivity index (χ3n) is 3.85. The summed E-state index contributed by atoms with van der Waals surface area (Å²) in [7, 11) is 0. The topological polar surface area (TPSA) is 21.3 Å². The first-order valence-corrected chi connectivity index (χ1v) is 7.50. The molecule has 0 aromatic heterocycles. The molecular weight excluding hydrogens is 258 g/mol. The van der Waals surface area contributed by atoms with Gasteiger partial charge in [0, 0.05) is 12.6 Å². The molecule has 1 saturated heterocycles. The van der Waals surface area contributed by atoms with Crippen LogP contribution in [0, 0.1) is 0 Å². The van der Waals surface area contributed by atoms with Gasteiger partial charge >= 0.3 is 0 Å². The normalized spacial score (nSPS) is 26.0. The second-order valence-corrected chi connectivity index (χ2v) is 5.47. The Morgan fingerprint density at radius 2 is 1.67 bits per heavy atom. The quantitative estimate of drug-likeness (QED) is 0.922. The van der Waals surface area contributed by atoms with Crippen LogP contribution in [-0.2, 0) is 4.74 Å². The fraction of sp³-hybridized carbons (Fsp3) is 0.263. The van der Waals surface area contributed by atoms with Crippen molar-refractivity contribution in [1.29, 1.82) is 0 Å². The molecule has 2 aromatic carbocycles. The molecular formula is C19H21NO. The molecule has 2 heteroatoms. The highest BCUT2D eigenvalue weighted by atomic mass is 16.5. The van der Waals surface area contributed by atoms with Crippen molar-refractivity contribution < 1.29 is 4.74 Å². The van der Waals surface area contributed by atoms with Gasteiger partial charge in [-0.15, -0.1) is 0 Å². The second kappa shape index (κ2) is 6.70. The third-order valence-corrected chi connectivity index (χ3v) is 3.85. The van der Waals surface area contributed by atoms with E-state index in [0.717, 1.165) is 6.54 Å². The SMILES string of the molecule is C[C@H]1NC[C@H](/C=C/c2ccccc2)O[C@@H]1c1ccccc1. The average molecular weight is 279 g/mol. The van der Waals surface area contributed by atoms with Crippen LogP contribution in [0.25, 0.3) is 6.08 Å². The highest BCUT2D eigenvalue weighted by Gasteiger charge is 2.27. The van der Waals surface area contributed by atoms with E-state index >= 15 is 0 Å². The van der Waals surface area contributed by atoms with Crippen molar-refractivity contribution in [2.75, 3.05) is 6.54 Å². The lowest BCUT2D eigenvalue weighted by Crippen LogP contribution is -2.45. The average Bonchev–Trinajstić information content (AvgIpc) is 2.56. The van der Waals surface area contributed by atoms with Crippen LogP contribution >= 0.6 is 0 Å². The van der Waals surface area contributed by atoms with E-state index in [1.54, 1.807) is 0 Å². The number of hydrogen-bond donors (Lipinski definition) is 1. The van der Waals surface area contributed by atoms with Crippen molar-refractivity contribution in [3.8, 4) is 0 Å². The molecule has 2 nitrogen and oxygen atoms in total. The molecule has 3 atom stereocenters. The lowest BCUT2D eigenvalue weighted by Gasteiger charge is -2.35. The largest absolute Gasteiger partial charge is 0.363 e. The van der Waals surface area contributed by atoms with Gasteiger partial charge < -0.3 is 10.1 Å². The van der Waals surface area contributed by atoms with E-state index in [2.05, 4.69) is 72.9 Å². The summed E-state index contributed by atoms with van der Waals surface area (Å²) in [5, 5.41) is 3.54. The zero-order valence-electron chi connectivity index (χ0n) is 12.3. The summed E-state index contributed by atoms with van der Waals surface area (Å²) in [6, 6.07) is 21.1. The Labute approximate surface area is 126 Å². The molecule has 0 spiro atoms. The summed E-state index contributed by atoms with van der Waals surface area (Å²) in [6.45, 7) is 3.03. The molecule has 0 aliphatic carbocycles. The lowest BCUT2D eigenvalue weighted by molar-refractivity contribution is -0.0380. The number of morpholine rings is 1. The second-order valence-electron chi connectivity index (χ2n) is 5.47. The van der Waals surface area contributed by atoms with Gasteiger partial charge in [-0.25, -0.2) is 0 Å². The first-order chi connectivity index (χ1) is 10.3. The standard InChI is InChI=1S/C19H21NO/c1-15-19(17-10-6-3-7-11-17)21-18(14-20-15)13-12-16-8-4-2-5-9-16/h2-13,15,18-20H,14H2,1H3/b13-12+/t15-,18+,19+/m1/s1. The molecule has 2 aromatic rings. The predicted octanol–water partition coefficient (Wildman–Crippen LogP) is 3.82. The van der Waals surface area contributed by atoms with Gasteiger partial charge in [-0.05, 0) is 18.1 Å². The molecule has 0 bridgehead atoms. The van der Waals surface area contributed by atoms with Gasteiger partial charge in [0.1, 0.15) is 0 Å². The van der Waals surface area contributed by atoms with Crippen LogP contribution in [0.3, 0.4) is 0 Å². The first-order valence-electron chi connectivity index (χ1n) is 7.50. The van der Waals surface area contributed by atoms with Gasteiger partial charge in [0.05, 0.1) is 12.2 Å². The Morgan fingerprint density at radius 1 is 1.00 bits per heavy atom. The molecule has 0 saturated carbocycles. The summed E-state index contributed by atoms with van der Waals surface area (Å²) in [4.78, 5) is 0. The maximum atomic E-state index is 6.26. The molecule has 1 aliphatic heterocycles. The van der Waals surface area contributed by atoms with Crippen molar-refractivity contribution in [1.82, 2.24) is 5.32 Å². The molecule has 108 valence electrons. The van der Waals surface area contributed by atoms with E-state index < -0.39 is 0 Å². The van der Waals surface area contributed by atoms with Crippen LogP contribution in [-0.4, -0.2) is 18.7 Å². The molecule has 1 N–H and O–H groups in total. The van der Waals surface area contributed by atoms with Crippen molar-refractivity contribution in [2.45, 2.75) is 25.2 Å². The van der Waals surface area contributed by atoms with E-state index in [1.165, 1.54) is 11.1 Å².